The third-order valence-electron chi connectivity index (χ3n) is 4.18. The molecule has 0 aliphatic carbocycles. The molecule has 0 saturated heterocycles. The molecule has 3 rings (SSSR count). The third-order valence-corrected chi connectivity index (χ3v) is 4.51. The van der Waals surface area contributed by atoms with E-state index in [1.165, 1.54) is 13.0 Å². The van der Waals surface area contributed by atoms with Crippen LogP contribution in [0, 0.1) is 0 Å². The molecular weight excluding hydrogens is 447 g/mol. The molecule has 0 radical (unpaired) electrons. The van der Waals surface area contributed by atoms with Crippen molar-refractivity contribution in [2.45, 2.75) is 13.1 Å². The third kappa shape index (κ3) is 6.14. The molecular formula is C22H17ClF3N3O3. The molecule has 166 valence electrons. The van der Waals surface area contributed by atoms with Crippen molar-refractivity contribution in [2.24, 2.45) is 0 Å². The molecule has 0 aliphatic heterocycles. The van der Waals surface area contributed by atoms with Crippen LogP contribution in [0.3, 0.4) is 0 Å². The second kappa shape index (κ2) is 9.61. The van der Waals surface area contributed by atoms with Gasteiger partial charge in [0.2, 0.25) is 5.91 Å². The molecule has 6 nitrogen and oxygen atoms in total. The first kappa shape index (κ1) is 23.0. The molecule has 3 N–H and O–H groups in total. The fraction of sp³-hybridized carbons (Fsp3) is 0.0909. The second-order valence-electron chi connectivity index (χ2n) is 6.63. The van der Waals surface area contributed by atoms with E-state index in [2.05, 4.69) is 16.1 Å². The molecule has 0 atom stereocenters. The molecule has 3 aromatic rings. The van der Waals surface area contributed by atoms with Gasteiger partial charge in [-0.1, -0.05) is 35.9 Å². The fourth-order valence-electron chi connectivity index (χ4n) is 2.75. The normalized spacial score (nSPS) is 10.9. The topological polar surface area (TPSA) is 79.5 Å². The number of hydrogen-bond acceptors (Lipinski definition) is 3. The number of alkyl halides is 3. The van der Waals surface area contributed by atoms with Gasteiger partial charge in [0, 0.05) is 18.3 Å². The Bertz CT molecular complexity index is 1120. The first-order chi connectivity index (χ1) is 15.1. The van der Waals surface area contributed by atoms with Gasteiger partial charge in [0.15, 0.2) is 5.75 Å². The fourth-order valence-corrected chi connectivity index (χ4v) is 2.97. The number of amides is 3. The van der Waals surface area contributed by atoms with Gasteiger partial charge in [0.05, 0.1) is 10.6 Å². The summed E-state index contributed by atoms with van der Waals surface area (Å²) in [6, 6.07) is 16.1. The molecule has 0 heterocycles. The number of carbonyl (C=O) groups is 2. The molecule has 0 fully saturated rings. The van der Waals surface area contributed by atoms with Crippen LogP contribution in [0.15, 0.2) is 66.7 Å². The van der Waals surface area contributed by atoms with E-state index in [0.717, 1.165) is 23.3 Å². The number of hydrogen-bond donors (Lipinski definition) is 3. The Labute approximate surface area is 186 Å². The molecule has 10 heteroatoms. The minimum Gasteiger partial charge on any atom is -0.378 e. The van der Waals surface area contributed by atoms with Gasteiger partial charge >= 0.3 is 12.2 Å². The maximum Gasteiger partial charge on any atom is 0.417 e. The highest BCUT2D eigenvalue weighted by Gasteiger charge is 2.33. The number of anilines is 2. The van der Waals surface area contributed by atoms with Gasteiger partial charge < -0.3 is 15.5 Å². The number of rotatable bonds is 5. The van der Waals surface area contributed by atoms with Crippen molar-refractivity contribution in [1.82, 2.24) is 5.48 Å². The van der Waals surface area contributed by atoms with Crippen molar-refractivity contribution < 1.29 is 27.6 Å². The van der Waals surface area contributed by atoms with Crippen molar-refractivity contribution in [2.75, 3.05) is 10.6 Å². The summed E-state index contributed by atoms with van der Waals surface area (Å²) in [5, 5.41) is 4.46. The lowest BCUT2D eigenvalue weighted by Gasteiger charge is -2.12. The molecule has 0 aliphatic rings. The Hall–Kier alpha value is -3.72. The second-order valence-corrected chi connectivity index (χ2v) is 7.04. The maximum absolute atomic E-state index is 12.9. The lowest BCUT2D eigenvalue weighted by Crippen LogP contribution is -2.31. The minimum absolute atomic E-state index is 0.0964. The minimum atomic E-state index is -4.65. The molecule has 0 aromatic heterocycles. The summed E-state index contributed by atoms with van der Waals surface area (Å²) in [6.45, 7) is 1.43. The lowest BCUT2D eigenvalue weighted by atomic mass is 10.1. The summed E-state index contributed by atoms with van der Waals surface area (Å²) < 4.78 is 38.7. The van der Waals surface area contributed by atoms with Gasteiger partial charge in [-0.05, 0) is 53.6 Å². The van der Waals surface area contributed by atoms with Crippen molar-refractivity contribution in [3.63, 3.8) is 0 Å². The highest BCUT2D eigenvalue weighted by atomic mass is 35.5. The van der Waals surface area contributed by atoms with E-state index in [4.69, 9.17) is 16.4 Å². The molecule has 0 unspecified atom stereocenters. The summed E-state index contributed by atoms with van der Waals surface area (Å²) in [4.78, 5) is 28.2. The van der Waals surface area contributed by atoms with Crippen LogP contribution >= 0.6 is 11.6 Å². The average Bonchev–Trinajstić information content (AvgIpc) is 2.73. The molecule has 32 heavy (non-hydrogen) atoms. The van der Waals surface area contributed by atoms with E-state index >= 15 is 0 Å². The van der Waals surface area contributed by atoms with Crippen LogP contribution in [0.4, 0.5) is 29.3 Å². The van der Waals surface area contributed by atoms with E-state index in [1.54, 1.807) is 36.4 Å². The van der Waals surface area contributed by atoms with E-state index in [9.17, 15) is 22.8 Å². The van der Waals surface area contributed by atoms with Gasteiger partial charge in [-0.15, -0.1) is 0 Å². The quantitative estimate of drug-likeness (QED) is 0.400. The van der Waals surface area contributed by atoms with Crippen LogP contribution in [0.25, 0.3) is 11.1 Å². The highest BCUT2D eigenvalue weighted by Crippen LogP contribution is 2.36. The lowest BCUT2D eigenvalue weighted by molar-refractivity contribution is -0.137. The Kier molecular flexibility index (Phi) is 6.89. The maximum atomic E-state index is 12.9. The van der Waals surface area contributed by atoms with Gasteiger partial charge in [0.1, 0.15) is 0 Å². The average molecular weight is 464 g/mol. The van der Waals surface area contributed by atoms with Crippen molar-refractivity contribution in [1.29, 1.82) is 0 Å². The van der Waals surface area contributed by atoms with Crippen molar-refractivity contribution in [3.8, 4) is 16.9 Å². The zero-order valence-electron chi connectivity index (χ0n) is 16.6. The standard InChI is InChI=1S/C22H17ClF3N3O3/c1-13(30)27-16-6-2-14(3-7-16)15-4-9-18(10-5-15)32-29-21(31)28-17-8-11-20(23)19(12-17)22(24,25)26/h2-12H,1H3,(H,27,30)(H2,28,29,31). The van der Waals surface area contributed by atoms with E-state index in [0.29, 0.717) is 11.4 Å². The Morgan fingerprint density at radius 1 is 0.844 bits per heavy atom. The van der Waals surface area contributed by atoms with Crippen LogP contribution in [-0.4, -0.2) is 11.9 Å². The summed E-state index contributed by atoms with van der Waals surface area (Å²) >= 11 is 5.55. The molecule has 0 spiro atoms. The number of hydroxylamine groups is 1. The van der Waals surface area contributed by atoms with Crippen LogP contribution < -0.4 is 21.0 Å². The molecule has 3 amide bonds. The Balaban J connectivity index is 1.57. The van der Waals surface area contributed by atoms with Gasteiger partial charge in [-0.25, -0.2) is 4.79 Å². The zero-order valence-corrected chi connectivity index (χ0v) is 17.3. The predicted molar refractivity (Wildman–Crippen MR) is 115 cm³/mol. The molecule has 3 aromatic carbocycles. The van der Waals surface area contributed by atoms with E-state index in [1.807, 2.05) is 12.1 Å². The van der Waals surface area contributed by atoms with Crippen LogP contribution in [0.1, 0.15) is 12.5 Å². The van der Waals surface area contributed by atoms with Crippen molar-refractivity contribution >= 4 is 34.9 Å². The largest absolute Gasteiger partial charge is 0.417 e. The smallest absolute Gasteiger partial charge is 0.378 e. The summed E-state index contributed by atoms with van der Waals surface area (Å²) in [7, 11) is 0. The number of benzene rings is 3. The van der Waals surface area contributed by atoms with E-state index < -0.39 is 22.8 Å². The van der Waals surface area contributed by atoms with E-state index in [-0.39, 0.29) is 11.6 Å². The first-order valence-corrected chi connectivity index (χ1v) is 9.58. The Morgan fingerprint density at radius 3 is 1.97 bits per heavy atom. The summed E-state index contributed by atoms with van der Waals surface area (Å²) in [5.41, 5.74) is 3.40. The number of urea groups is 1. The van der Waals surface area contributed by atoms with Gasteiger partial charge in [0.25, 0.3) is 0 Å². The zero-order chi connectivity index (χ0) is 23.3. The van der Waals surface area contributed by atoms with Crippen LogP contribution in [0.5, 0.6) is 5.75 Å². The molecule has 0 bridgehead atoms. The van der Waals surface area contributed by atoms with Gasteiger partial charge in [-0.2, -0.15) is 18.7 Å². The van der Waals surface area contributed by atoms with Crippen LogP contribution in [-0.2, 0) is 11.0 Å². The monoisotopic (exact) mass is 463 g/mol. The Morgan fingerprint density at radius 2 is 1.41 bits per heavy atom. The predicted octanol–water partition coefficient (Wildman–Crippen LogP) is 6.10. The number of nitrogens with one attached hydrogen (secondary N) is 3. The van der Waals surface area contributed by atoms with Gasteiger partial charge in [-0.3, -0.25) is 4.79 Å². The number of carbonyl (C=O) groups excluding carboxylic acids is 2. The van der Waals surface area contributed by atoms with Crippen molar-refractivity contribution in [3.05, 3.63) is 77.3 Å². The highest BCUT2D eigenvalue weighted by molar-refractivity contribution is 6.31. The SMILES string of the molecule is CC(=O)Nc1ccc(-c2ccc(ONC(=O)Nc3ccc(Cl)c(C(F)(F)F)c3)cc2)cc1. The summed E-state index contributed by atoms with van der Waals surface area (Å²) in [6.07, 6.45) is -4.65. The number of halogens is 4. The first-order valence-electron chi connectivity index (χ1n) is 9.20. The summed E-state index contributed by atoms with van der Waals surface area (Å²) in [5.74, 6) is 0.151. The van der Waals surface area contributed by atoms with Crippen LogP contribution in [0.2, 0.25) is 5.02 Å². The molecule has 0 saturated carbocycles.